The zero-order valence-electron chi connectivity index (χ0n) is 16.4. The lowest BCUT2D eigenvalue weighted by molar-refractivity contribution is 0.671. The molecule has 1 atom stereocenters. The molecule has 3 aromatic carbocycles. The van der Waals surface area contributed by atoms with E-state index < -0.39 is 0 Å². The van der Waals surface area contributed by atoms with Crippen molar-refractivity contribution >= 4 is 52.1 Å². The first-order chi connectivity index (χ1) is 14.7. The number of halogens is 2. The van der Waals surface area contributed by atoms with Crippen LogP contribution in [0.3, 0.4) is 0 Å². The van der Waals surface area contributed by atoms with Crippen LogP contribution in [0.2, 0.25) is 10.0 Å². The molecule has 0 bridgehead atoms. The predicted molar refractivity (Wildman–Crippen MR) is 128 cm³/mol. The third-order valence-electron chi connectivity index (χ3n) is 5.64. The van der Waals surface area contributed by atoms with Gasteiger partial charge in [0.05, 0.1) is 22.8 Å². The van der Waals surface area contributed by atoms with Crippen molar-refractivity contribution in [2.45, 2.75) is 19.3 Å². The van der Waals surface area contributed by atoms with Crippen LogP contribution in [-0.2, 0) is 0 Å². The zero-order valence-corrected chi connectivity index (χ0v) is 17.9. The van der Waals surface area contributed by atoms with Gasteiger partial charge < -0.3 is 0 Å². The van der Waals surface area contributed by atoms with Gasteiger partial charge in [-0.2, -0.15) is 0 Å². The van der Waals surface area contributed by atoms with E-state index in [1.807, 2.05) is 48.5 Å². The summed E-state index contributed by atoms with van der Waals surface area (Å²) in [7, 11) is 0. The minimum Gasteiger partial charge on any atom is -0.250 e. The summed E-state index contributed by atoms with van der Waals surface area (Å²) in [5.41, 5.74) is 7.53. The van der Waals surface area contributed by atoms with E-state index in [-0.39, 0.29) is 5.92 Å². The van der Waals surface area contributed by atoms with E-state index in [4.69, 9.17) is 33.2 Å². The molecule has 148 valence electrons. The average Bonchev–Trinajstić information content (AvgIpc) is 2.93. The molecule has 4 heteroatoms. The quantitative estimate of drug-likeness (QED) is 0.392. The lowest BCUT2D eigenvalue weighted by Crippen LogP contribution is -2.29. The molecule has 1 fully saturated rings. The molecule has 0 N–H and O–H groups in total. The van der Waals surface area contributed by atoms with E-state index in [0.717, 1.165) is 63.2 Å². The summed E-state index contributed by atoms with van der Waals surface area (Å²) >= 11 is 12.2. The molecule has 2 aliphatic rings. The van der Waals surface area contributed by atoms with E-state index in [9.17, 15) is 0 Å². The summed E-state index contributed by atoms with van der Waals surface area (Å²) in [5, 5.41) is 1.48. The molecule has 0 saturated heterocycles. The molecular weight excluding hydrogens is 411 g/mol. The first kappa shape index (κ1) is 19.3. The number of fused-ring (bicyclic) bond motifs is 2. The highest BCUT2D eigenvalue weighted by molar-refractivity contribution is 6.31. The van der Waals surface area contributed by atoms with Crippen molar-refractivity contribution in [1.29, 1.82) is 0 Å². The fraction of sp³-hybridized carbons (Fsp3) is 0.154. The topological polar surface area (TPSA) is 24.7 Å². The molecule has 0 radical (unpaired) electrons. The van der Waals surface area contributed by atoms with Gasteiger partial charge >= 0.3 is 0 Å². The van der Waals surface area contributed by atoms with Crippen LogP contribution in [0, 0.1) is 5.92 Å². The van der Waals surface area contributed by atoms with Gasteiger partial charge in [0.15, 0.2) is 0 Å². The van der Waals surface area contributed by atoms with E-state index in [2.05, 4.69) is 30.3 Å². The Kier molecular flexibility index (Phi) is 5.28. The van der Waals surface area contributed by atoms with Crippen molar-refractivity contribution in [2.24, 2.45) is 15.9 Å². The smallest absolute Gasteiger partial charge is 0.0890 e. The van der Waals surface area contributed by atoms with Crippen molar-refractivity contribution in [3.05, 3.63) is 99.5 Å². The molecule has 5 rings (SSSR count). The largest absolute Gasteiger partial charge is 0.250 e. The maximum atomic E-state index is 6.14. The molecule has 1 unspecified atom stereocenters. The molecule has 2 nitrogen and oxygen atoms in total. The molecular formula is C26H20Cl2N2. The van der Waals surface area contributed by atoms with Gasteiger partial charge in [-0.15, -0.1) is 0 Å². The Balaban J connectivity index is 1.66. The Morgan fingerprint density at radius 2 is 1.33 bits per heavy atom. The van der Waals surface area contributed by atoms with Gasteiger partial charge in [0.25, 0.3) is 0 Å². The van der Waals surface area contributed by atoms with E-state index in [0.29, 0.717) is 0 Å². The van der Waals surface area contributed by atoms with Gasteiger partial charge in [0.2, 0.25) is 0 Å². The summed E-state index contributed by atoms with van der Waals surface area (Å²) < 4.78 is 0. The van der Waals surface area contributed by atoms with Crippen molar-refractivity contribution < 1.29 is 0 Å². The number of para-hydroxylation sites is 2. The third-order valence-corrected chi connectivity index (χ3v) is 6.15. The number of hydrogen-bond acceptors (Lipinski definition) is 2. The van der Waals surface area contributed by atoms with Crippen molar-refractivity contribution in [2.75, 3.05) is 0 Å². The fourth-order valence-corrected chi connectivity index (χ4v) is 4.44. The fourth-order valence-electron chi connectivity index (χ4n) is 4.18. The molecule has 0 amide bonds. The number of rotatable bonds is 2. The molecule has 1 aliphatic heterocycles. The standard InChI is InChI=1S/C26H20Cl2N2/c27-20-12-8-17(9-13-20)16-19-4-3-5-22-25(18-10-14-21(28)15-11-18)29-23-6-1-2-7-24(23)30-26(19)22/h1-2,6-16,22H,3-5H2/b19-16+. The molecule has 1 saturated carbocycles. The van der Waals surface area contributed by atoms with Crippen LogP contribution in [0.5, 0.6) is 0 Å². The van der Waals surface area contributed by atoms with Gasteiger partial charge in [-0.3, -0.25) is 4.99 Å². The number of allylic oxidation sites excluding steroid dienone is 1. The van der Waals surface area contributed by atoms with Crippen molar-refractivity contribution in [3.63, 3.8) is 0 Å². The van der Waals surface area contributed by atoms with Gasteiger partial charge in [-0.25, -0.2) is 4.99 Å². The molecule has 30 heavy (non-hydrogen) atoms. The SMILES string of the molecule is Clc1ccc(/C=C2\CCCC3C2=Nc2ccccc2N=C3c2ccc(Cl)cc2)cc1. The number of hydrogen-bond donors (Lipinski definition) is 0. The predicted octanol–water partition coefficient (Wildman–Crippen LogP) is 8.08. The molecule has 1 heterocycles. The van der Waals surface area contributed by atoms with Crippen molar-refractivity contribution in [3.8, 4) is 0 Å². The highest BCUT2D eigenvalue weighted by atomic mass is 35.5. The Hall–Kier alpha value is -2.68. The minimum absolute atomic E-state index is 0.158. The summed E-state index contributed by atoms with van der Waals surface area (Å²) in [4.78, 5) is 10.2. The molecule has 1 aliphatic carbocycles. The van der Waals surface area contributed by atoms with Gasteiger partial charge in [-0.05, 0) is 78.4 Å². The third kappa shape index (κ3) is 3.86. The summed E-state index contributed by atoms with van der Waals surface area (Å²) in [6.07, 6.45) is 5.39. The van der Waals surface area contributed by atoms with Crippen molar-refractivity contribution in [1.82, 2.24) is 0 Å². The Bertz CT molecular complexity index is 1170. The first-order valence-electron chi connectivity index (χ1n) is 10.2. The summed E-state index contributed by atoms with van der Waals surface area (Å²) in [6, 6.07) is 24.1. The lowest BCUT2D eigenvalue weighted by Gasteiger charge is -2.27. The van der Waals surface area contributed by atoms with Crippen LogP contribution in [0.4, 0.5) is 11.4 Å². The second kappa shape index (κ2) is 8.22. The molecule has 3 aromatic rings. The second-order valence-electron chi connectivity index (χ2n) is 7.66. The zero-order chi connectivity index (χ0) is 20.5. The number of nitrogens with zero attached hydrogens (tertiary/aromatic N) is 2. The Labute approximate surface area is 186 Å². The highest BCUT2D eigenvalue weighted by Gasteiger charge is 2.31. The van der Waals surface area contributed by atoms with Crippen LogP contribution < -0.4 is 0 Å². The Morgan fingerprint density at radius 1 is 0.733 bits per heavy atom. The second-order valence-corrected chi connectivity index (χ2v) is 8.53. The molecule has 0 spiro atoms. The summed E-state index contributed by atoms with van der Waals surface area (Å²) in [5.74, 6) is 0.158. The lowest BCUT2D eigenvalue weighted by atomic mass is 9.78. The van der Waals surface area contributed by atoms with E-state index in [1.165, 1.54) is 5.57 Å². The first-order valence-corrected chi connectivity index (χ1v) is 10.9. The van der Waals surface area contributed by atoms with Gasteiger partial charge in [0, 0.05) is 16.0 Å². The van der Waals surface area contributed by atoms with Crippen LogP contribution >= 0.6 is 23.2 Å². The van der Waals surface area contributed by atoms with Gasteiger partial charge in [0.1, 0.15) is 0 Å². The van der Waals surface area contributed by atoms with Crippen LogP contribution in [-0.4, -0.2) is 11.4 Å². The average molecular weight is 431 g/mol. The Morgan fingerprint density at radius 3 is 2.00 bits per heavy atom. The monoisotopic (exact) mass is 430 g/mol. The number of aliphatic imine (C=N–C) groups is 2. The molecule has 0 aromatic heterocycles. The van der Waals surface area contributed by atoms with E-state index in [1.54, 1.807) is 0 Å². The van der Waals surface area contributed by atoms with Crippen LogP contribution in [0.25, 0.3) is 6.08 Å². The minimum atomic E-state index is 0.158. The van der Waals surface area contributed by atoms with Crippen LogP contribution in [0.15, 0.2) is 88.4 Å². The summed E-state index contributed by atoms with van der Waals surface area (Å²) in [6.45, 7) is 0. The number of benzene rings is 3. The normalized spacial score (nSPS) is 19.4. The maximum Gasteiger partial charge on any atom is 0.0890 e. The van der Waals surface area contributed by atoms with Crippen LogP contribution in [0.1, 0.15) is 30.4 Å². The van der Waals surface area contributed by atoms with Gasteiger partial charge in [-0.1, -0.05) is 59.6 Å². The maximum absolute atomic E-state index is 6.14. The van der Waals surface area contributed by atoms with E-state index >= 15 is 0 Å². The highest BCUT2D eigenvalue weighted by Crippen LogP contribution is 2.39.